The molecule has 0 saturated carbocycles. The Morgan fingerprint density at radius 2 is 1.41 bits per heavy atom. The van der Waals surface area contributed by atoms with E-state index in [1.165, 1.54) is 11.1 Å². The molecule has 1 fully saturated rings. The number of benzene rings is 2. The van der Waals surface area contributed by atoms with Gasteiger partial charge in [0.25, 0.3) is 0 Å². The highest BCUT2D eigenvalue weighted by atomic mass is 16.2. The summed E-state index contributed by atoms with van der Waals surface area (Å²) in [6.07, 6.45) is 0. The van der Waals surface area contributed by atoms with Crippen molar-refractivity contribution in [1.82, 2.24) is 15.1 Å². The standard InChI is InChI=1S/C21H26N4O2/c22-15-19(26)23-16-20(27)24-11-13-25(14-12-24)21(17-7-3-1-4-8-17)18-9-5-2-6-10-18/h1-10,21H,11-16,22H2,(H,23,26). The van der Waals surface area contributed by atoms with Gasteiger partial charge in [-0.05, 0) is 11.1 Å². The van der Waals surface area contributed by atoms with Crippen molar-refractivity contribution in [2.45, 2.75) is 6.04 Å². The first-order valence-electron chi connectivity index (χ1n) is 9.27. The highest BCUT2D eigenvalue weighted by Crippen LogP contribution is 2.29. The summed E-state index contributed by atoms with van der Waals surface area (Å²) in [6.45, 7) is 2.77. The number of carbonyl (C=O) groups is 2. The SMILES string of the molecule is NCC(=O)NCC(=O)N1CCN(C(c2ccccc2)c2ccccc2)CC1. The molecule has 3 N–H and O–H groups in total. The Balaban J connectivity index is 1.67. The van der Waals surface area contributed by atoms with Crippen LogP contribution in [0, 0.1) is 0 Å². The third kappa shape index (κ3) is 4.93. The molecule has 1 saturated heterocycles. The van der Waals surface area contributed by atoms with E-state index >= 15 is 0 Å². The third-order valence-corrected chi connectivity index (χ3v) is 4.88. The van der Waals surface area contributed by atoms with Crippen LogP contribution in [-0.2, 0) is 9.59 Å². The number of nitrogens with zero attached hydrogens (tertiary/aromatic N) is 2. The molecule has 0 aliphatic carbocycles. The van der Waals surface area contributed by atoms with Crippen LogP contribution in [0.5, 0.6) is 0 Å². The molecule has 0 aromatic heterocycles. The van der Waals surface area contributed by atoms with E-state index in [1.807, 2.05) is 12.1 Å². The number of hydrogen-bond acceptors (Lipinski definition) is 4. The number of nitrogens with two attached hydrogens (primary N) is 1. The van der Waals surface area contributed by atoms with E-state index in [9.17, 15) is 9.59 Å². The Kier molecular flexibility index (Phi) is 6.57. The van der Waals surface area contributed by atoms with Gasteiger partial charge in [0.1, 0.15) is 0 Å². The normalized spacial score (nSPS) is 15.0. The summed E-state index contributed by atoms with van der Waals surface area (Å²) < 4.78 is 0. The molecular weight excluding hydrogens is 340 g/mol. The summed E-state index contributed by atoms with van der Waals surface area (Å²) in [4.78, 5) is 27.7. The number of amides is 2. The molecule has 6 nitrogen and oxygen atoms in total. The van der Waals surface area contributed by atoms with Crippen molar-refractivity contribution in [3.05, 3.63) is 71.8 Å². The van der Waals surface area contributed by atoms with Gasteiger partial charge in [0, 0.05) is 26.2 Å². The number of carbonyl (C=O) groups excluding carboxylic acids is 2. The molecule has 0 spiro atoms. The Morgan fingerprint density at radius 3 is 1.89 bits per heavy atom. The fraction of sp³-hybridized carbons (Fsp3) is 0.333. The predicted octanol–water partition coefficient (Wildman–Crippen LogP) is 0.995. The first-order chi connectivity index (χ1) is 13.2. The summed E-state index contributed by atoms with van der Waals surface area (Å²) in [5.41, 5.74) is 7.75. The van der Waals surface area contributed by atoms with E-state index < -0.39 is 0 Å². The van der Waals surface area contributed by atoms with Gasteiger partial charge < -0.3 is 16.0 Å². The van der Waals surface area contributed by atoms with E-state index in [0.717, 1.165) is 13.1 Å². The van der Waals surface area contributed by atoms with Gasteiger partial charge in [-0.25, -0.2) is 0 Å². The number of hydrogen-bond donors (Lipinski definition) is 2. The molecule has 27 heavy (non-hydrogen) atoms. The van der Waals surface area contributed by atoms with Crippen molar-refractivity contribution in [3.63, 3.8) is 0 Å². The van der Waals surface area contributed by atoms with Gasteiger partial charge in [0.05, 0.1) is 19.1 Å². The number of piperazine rings is 1. The van der Waals surface area contributed by atoms with Gasteiger partial charge in [0.2, 0.25) is 11.8 Å². The lowest BCUT2D eigenvalue weighted by atomic mass is 9.96. The first-order valence-corrected chi connectivity index (χ1v) is 9.27. The van der Waals surface area contributed by atoms with Crippen LogP contribution in [0.2, 0.25) is 0 Å². The minimum atomic E-state index is -0.310. The second kappa shape index (κ2) is 9.30. The maximum Gasteiger partial charge on any atom is 0.242 e. The molecule has 0 atom stereocenters. The predicted molar refractivity (Wildman–Crippen MR) is 105 cm³/mol. The van der Waals surface area contributed by atoms with E-state index in [1.54, 1.807) is 4.90 Å². The van der Waals surface area contributed by atoms with Crippen molar-refractivity contribution in [3.8, 4) is 0 Å². The average Bonchev–Trinajstić information content (AvgIpc) is 2.74. The minimum Gasteiger partial charge on any atom is -0.346 e. The highest BCUT2D eigenvalue weighted by molar-refractivity contribution is 5.85. The Labute approximate surface area is 159 Å². The second-order valence-electron chi connectivity index (χ2n) is 6.62. The molecule has 0 radical (unpaired) electrons. The topological polar surface area (TPSA) is 78.7 Å². The van der Waals surface area contributed by atoms with Crippen LogP contribution in [0.25, 0.3) is 0 Å². The van der Waals surface area contributed by atoms with E-state index in [-0.39, 0.29) is 30.9 Å². The van der Waals surface area contributed by atoms with Crippen LogP contribution < -0.4 is 11.1 Å². The fourth-order valence-corrected chi connectivity index (χ4v) is 3.47. The zero-order valence-electron chi connectivity index (χ0n) is 15.4. The van der Waals surface area contributed by atoms with E-state index in [2.05, 4.69) is 58.7 Å². The first kappa shape index (κ1) is 19.1. The van der Waals surface area contributed by atoms with Gasteiger partial charge in [-0.1, -0.05) is 60.7 Å². The second-order valence-corrected chi connectivity index (χ2v) is 6.62. The molecule has 2 aromatic carbocycles. The van der Waals surface area contributed by atoms with Crippen LogP contribution in [0.15, 0.2) is 60.7 Å². The van der Waals surface area contributed by atoms with Crippen molar-refractivity contribution >= 4 is 11.8 Å². The smallest absolute Gasteiger partial charge is 0.242 e. The lowest BCUT2D eigenvalue weighted by Crippen LogP contribution is -2.52. The molecule has 1 aliphatic rings. The van der Waals surface area contributed by atoms with Gasteiger partial charge in [-0.3, -0.25) is 14.5 Å². The van der Waals surface area contributed by atoms with Crippen molar-refractivity contribution < 1.29 is 9.59 Å². The van der Waals surface area contributed by atoms with Gasteiger partial charge in [-0.15, -0.1) is 0 Å². The molecular formula is C21H26N4O2. The quantitative estimate of drug-likeness (QED) is 0.799. The summed E-state index contributed by atoms with van der Waals surface area (Å²) in [5, 5.41) is 2.55. The molecule has 1 heterocycles. The molecule has 3 rings (SSSR count). The number of rotatable bonds is 6. The summed E-state index contributed by atoms with van der Waals surface area (Å²) in [7, 11) is 0. The van der Waals surface area contributed by atoms with Crippen molar-refractivity contribution in [2.75, 3.05) is 39.3 Å². The fourth-order valence-electron chi connectivity index (χ4n) is 3.47. The maximum absolute atomic E-state index is 12.3. The largest absolute Gasteiger partial charge is 0.346 e. The monoisotopic (exact) mass is 366 g/mol. The maximum atomic E-state index is 12.3. The Morgan fingerprint density at radius 1 is 0.889 bits per heavy atom. The third-order valence-electron chi connectivity index (χ3n) is 4.88. The molecule has 2 amide bonds. The van der Waals surface area contributed by atoms with E-state index in [0.29, 0.717) is 13.1 Å². The summed E-state index contributed by atoms with van der Waals surface area (Å²) >= 11 is 0. The van der Waals surface area contributed by atoms with Gasteiger partial charge in [0.15, 0.2) is 0 Å². The highest BCUT2D eigenvalue weighted by Gasteiger charge is 2.28. The lowest BCUT2D eigenvalue weighted by molar-refractivity contribution is -0.134. The van der Waals surface area contributed by atoms with Crippen LogP contribution >= 0.6 is 0 Å². The molecule has 1 aliphatic heterocycles. The Bertz CT molecular complexity index is 704. The van der Waals surface area contributed by atoms with Crippen LogP contribution in [0.4, 0.5) is 0 Å². The Hall–Kier alpha value is -2.70. The zero-order valence-corrected chi connectivity index (χ0v) is 15.4. The molecule has 142 valence electrons. The summed E-state index contributed by atoms with van der Waals surface area (Å²) in [6, 6.07) is 21.1. The van der Waals surface area contributed by atoms with Crippen molar-refractivity contribution in [2.24, 2.45) is 5.73 Å². The number of nitrogens with one attached hydrogen (secondary N) is 1. The van der Waals surface area contributed by atoms with Crippen molar-refractivity contribution in [1.29, 1.82) is 0 Å². The van der Waals surface area contributed by atoms with Crippen LogP contribution in [0.3, 0.4) is 0 Å². The minimum absolute atomic E-state index is 0.0107. The van der Waals surface area contributed by atoms with Gasteiger partial charge in [-0.2, -0.15) is 0 Å². The zero-order chi connectivity index (χ0) is 19.1. The average molecular weight is 366 g/mol. The molecule has 0 bridgehead atoms. The van der Waals surface area contributed by atoms with E-state index in [4.69, 9.17) is 5.73 Å². The molecule has 6 heteroatoms. The van der Waals surface area contributed by atoms with Gasteiger partial charge >= 0.3 is 0 Å². The molecule has 2 aromatic rings. The lowest BCUT2D eigenvalue weighted by Gasteiger charge is -2.39. The van der Waals surface area contributed by atoms with Crippen LogP contribution in [0.1, 0.15) is 17.2 Å². The van der Waals surface area contributed by atoms with Crippen LogP contribution in [-0.4, -0.2) is 60.9 Å². The molecule has 0 unspecified atom stereocenters. The summed E-state index contributed by atoms with van der Waals surface area (Å²) in [5.74, 6) is -0.373.